The number of carboxylic acid groups (broad SMARTS) is 1. The normalized spacial score (nSPS) is 15.5. The van der Waals surface area contributed by atoms with Crippen LogP contribution in [0.4, 0.5) is 0 Å². The molecular formula is C18H17NO4. The fraction of sp³-hybridized carbons (Fsp3) is 0.222. The van der Waals surface area contributed by atoms with Gasteiger partial charge >= 0.3 is 5.97 Å². The number of carbonyl (C=O) groups excluding carboxylic acids is 1. The third kappa shape index (κ3) is 2.83. The van der Waals surface area contributed by atoms with Crippen molar-refractivity contribution >= 4 is 11.8 Å². The predicted molar refractivity (Wildman–Crippen MR) is 84.4 cm³/mol. The maximum Gasteiger partial charge on any atom is 0.356 e. The van der Waals surface area contributed by atoms with E-state index >= 15 is 0 Å². The lowest BCUT2D eigenvalue weighted by molar-refractivity contribution is -0.149. The van der Waals surface area contributed by atoms with Crippen molar-refractivity contribution in [1.29, 1.82) is 0 Å². The molecule has 0 radical (unpaired) electrons. The summed E-state index contributed by atoms with van der Waals surface area (Å²) in [6.07, 6.45) is 0. The highest BCUT2D eigenvalue weighted by atomic mass is 16.5. The predicted octanol–water partition coefficient (Wildman–Crippen LogP) is 2.39. The number of aliphatic carboxylic acids is 1. The van der Waals surface area contributed by atoms with E-state index in [0.29, 0.717) is 17.9 Å². The molecule has 23 heavy (non-hydrogen) atoms. The summed E-state index contributed by atoms with van der Waals surface area (Å²) in [6, 6.07) is 13.7. The van der Waals surface area contributed by atoms with Crippen LogP contribution in [-0.4, -0.2) is 22.5 Å². The van der Waals surface area contributed by atoms with Gasteiger partial charge in [-0.1, -0.05) is 30.3 Å². The van der Waals surface area contributed by atoms with Crippen molar-refractivity contribution < 1.29 is 19.4 Å². The first-order chi connectivity index (χ1) is 11.0. The van der Waals surface area contributed by atoms with Crippen LogP contribution in [0.15, 0.2) is 48.5 Å². The second-order valence-electron chi connectivity index (χ2n) is 5.67. The molecule has 3 rings (SSSR count). The van der Waals surface area contributed by atoms with Gasteiger partial charge in [0.2, 0.25) is 5.78 Å². The van der Waals surface area contributed by atoms with Crippen LogP contribution >= 0.6 is 0 Å². The summed E-state index contributed by atoms with van der Waals surface area (Å²) in [5, 5.41) is 12.8. The van der Waals surface area contributed by atoms with Gasteiger partial charge in [0.1, 0.15) is 5.75 Å². The summed E-state index contributed by atoms with van der Waals surface area (Å²) in [6.45, 7) is 2.73. The van der Waals surface area contributed by atoms with Crippen LogP contribution in [-0.2, 0) is 17.9 Å². The Bertz CT molecular complexity index is 757. The summed E-state index contributed by atoms with van der Waals surface area (Å²) >= 11 is 0. The van der Waals surface area contributed by atoms with Gasteiger partial charge in [0.05, 0.1) is 0 Å². The van der Waals surface area contributed by atoms with Crippen molar-refractivity contribution in [3.05, 3.63) is 65.2 Å². The lowest BCUT2D eigenvalue weighted by Gasteiger charge is -2.25. The molecule has 5 heteroatoms. The average molecular weight is 311 g/mol. The van der Waals surface area contributed by atoms with E-state index in [1.807, 2.05) is 6.07 Å². The Kier molecular flexibility index (Phi) is 3.88. The number of para-hydroxylation sites is 1. The first kappa shape index (κ1) is 15.2. The highest BCUT2D eigenvalue weighted by Crippen LogP contribution is 2.25. The molecule has 1 atom stereocenters. The zero-order valence-corrected chi connectivity index (χ0v) is 12.7. The van der Waals surface area contributed by atoms with Gasteiger partial charge in [-0.15, -0.1) is 0 Å². The van der Waals surface area contributed by atoms with Crippen LogP contribution in [0, 0.1) is 0 Å². The molecule has 0 aliphatic carbocycles. The number of ether oxygens (including phenoxy) is 1. The Labute approximate surface area is 133 Å². The van der Waals surface area contributed by atoms with Gasteiger partial charge in [0.25, 0.3) is 5.60 Å². The fourth-order valence-corrected chi connectivity index (χ4v) is 2.62. The number of Topliss-reactive ketones (excluding diaryl/α,β-unsaturated/α-hetero) is 1. The number of fused-ring (bicyclic) bond motifs is 1. The second kappa shape index (κ2) is 5.85. The van der Waals surface area contributed by atoms with Crippen molar-refractivity contribution in [3.63, 3.8) is 0 Å². The molecule has 0 aromatic heterocycles. The number of rotatable bonds is 5. The third-order valence-corrected chi connectivity index (χ3v) is 4.01. The Morgan fingerprint density at radius 2 is 1.78 bits per heavy atom. The van der Waals surface area contributed by atoms with Crippen LogP contribution in [0.3, 0.4) is 0 Å². The lowest BCUT2D eigenvalue weighted by atomic mass is 9.92. The Morgan fingerprint density at radius 1 is 1.09 bits per heavy atom. The summed E-state index contributed by atoms with van der Waals surface area (Å²) in [4.78, 5) is 24.5. The molecule has 0 amide bonds. The van der Waals surface area contributed by atoms with E-state index in [-0.39, 0.29) is 0 Å². The summed E-state index contributed by atoms with van der Waals surface area (Å²) in [5.74, 6) is -1.54. The zero-order chi connectivity index (χ0) is 16.4. The smallest absolute Gasteiger partial charge is 0.356 e. The number of nitrogens with one attached hydrogen (secondary N) is 1. The highest BCUT2D eigenvalue weighted by Gasteiger charge is 2.44. The number of carboxylic acids is 1. The number of carbonyl (C=O) groups is 2. The molecule has 2 N–H and O–H groups in total. The largest absolute Gasteiger partial charge is 0.478 e. The monoisotopic (exact) mass is 311 g/mol. The van der Waals surface area contributed by atoms with Gasteiger partial charge in [-0.2, -0.15) is 0 Å². The molecule has 5 nitrogen and oxygen atoms in total. The van der Waals surface area contributed by atoms with E-state index in [0.717, 1.165) is 17.7 Å². The summed E-state index contributed by atoms with van der Waals surface area (Å²) in [7, 11) is 0. The first-order valence-corrected chi connectivity index (χ1v) is 7.35. The molecule has 0 saturated carbocycles. The molecule has 1 unspecified atom stereocenters. The molecule has 0 saturated heterocycles. The molecule has 118 valence electrons. The van der Waals surface area contributed by atoms with E-state index in [4.69, 9.17) is 4.74 Å². The van der Waals surface area contributed by atoms with Crippen molar-refractivity contribution in [1.82, 2.24) is 5.32 Å². The first-order valence-electron chi connectivity index (χ1n) is 7.35. The van der Waals surface area contributed by atoms with Crippen molar-refractivity contribution in [2.75, 3.05) is 0 Å². The standard InChI is InChI=1S/C18H17NO4/c1-18(17(21)22,23-15-5-3-2-4-6-15)16(20)12-7-8-13-10-19-11-14(13)9-12/h2-9,19H,10-11H2,1H3,(H,21,22). The minimum absolute atomic E-state index is 0.341. The van der Waals surface area contributed by atoms with Gasteiger partial charge in [-0.05, 0) is 36.2 Å². The Morgan fingerprint density at radius 3 is 2.48 bits per heavy atom. The number of hydrogen-bond acceptors (Lipinski definition) is 4. The fourth-order valence-electron chi connectivity index (χ4n) is 2.62. The molecular weight excluding hydrogens is 294 g/mol. The quantitative estimate of drug-likeness (QED) is 0.655. The second-order valence-corrected chi connectivity index (χ2v) is 5.67. The van der Waals surface area contributed by atoms with Crippen LogP contribution in [0.2, 0.25) is 0 Å². The molecule has 2 aromatic rings. The molecule has 1 heterocycles. The minimum atomic E-state index is -1.97. The molecule has 1 aliphatic heterocycles. The van der Waals surface area contributed by atoms with E-state index < -0.39 is 17.4 Å². The van der Waals surface area contributed by atoms with Crippen LogP contribution < -0.4 is 10.1 Å². The zero-order valence-electron chi connectivity index (χ0n) is 12.7. The van der Waals surface area contributed by atoms with Gasteiger partial charge in [0, 0.05) is 18.7 Å². The topological polar surface area (TPSA) is 75.6 Å². The third-order valence-electron chi connectivity index (χ3n) is 4.01. The maximum atomic E-state index is 12.8. The number of hydrogen-bond donors (Lipinski definition) is 2. The Balaban J connectivity index is 1.94. The van der Waals surface area contributed by atoms with Crippen LogP contribution in [0.25, 0.3) is 0 Å². The maximum absolute atomic E-state index is 12.8. The molecule has 0 spiro atoms. The Hall–Kier alpha value is -2.66. The number of ketones is 1. The van der Waals surface area contributed by atoms with Crippen LogP contribution in [0.1, 0.15) is 28.4 Å². The van der Waals surface area contributed by atoms with E-state index in [9.17, 15) is 14.7 Å². The van der Waals surface area contributed by atoms with Gasteiger partial charge < -0.3 is 15.2 Å². The SMILES string of the molecule is CC(Oc1ccccc1)(C(=O)O)C(=O)c1ccc2c(c1)CNC2. The molecule has 1 aliphatic rings. The van der Waals surface area contributed by atoms with Gasteiger partial charge in [-0.3, -0.25) is 4.79 Å². The summed E-state index contributed by atoms with van der Waals surface area (Å²) in [5.41, 5.74) is 0.515. The van der Waals surface area contributed by atoms with E-state index in [2.05, 4.69) is 5.32 Å². The molecule has 2 aromatic carbocycles. The average Bonchev–Trinajstić information content (AvgIpc) is 3.02. The lowest BCUT2D eigenvalue weighted by Crippen LogP contribution is -2.49. The number of benzene rings is 2. The van der Waals surface area contributed by atoms with E-state index in [1.54, 1.807) is 42.5 Å². The van der Waals surface area contributed by atoms with Crippen LogP contribution in [0.5, 0.6) is 5.75 Å². The van der Waals surface area contributed by atoms with Crippen molar-refractivity contribution in [2.45, 2.75) is 25.6 Å². The summed E-state index contributed by atoms with van der Waals surface area (Å²) < 4.78 is 5.53. The van der Waals surface area contributed by atoms with Gasteiger partial charge in [-0.25, -0.2) is 4.79 Å². The van der Waals surface area contributed by atoms with Crippen molar-refractivity contribution in [3.8, 4) is 5.75 Å². The minimum Gasteiger partial charge on any atom is -0.478 e. The van der Waals surface area contributed by atoms with Gasteiger partial charge in [0.15, 0.2) is 0 Å². The molecule has 0 bridgehead atoms. The van der Waals surface area contributed by atoms with Crippen molar-refractivity contribution in [2.24, 2.45) is 0 Å². The highest BCUT2D eigenvalue weighted by molar-refractivity contribution is 6.15. The molecule has 0 fully saturated rings. The van der Waals surface area contributed by atoms with E-state index in [1.165, 1.54) is 6.92 Å².